The van der Waals surface area contributed by atoms with Crippen molar-refractivity contribution >= 4 is 11.8 Å². The second-order valence-corrected chi connectivity index (χ2v) is 9.35. The molecular weight excluding hydrogens is 324 g/mol. The summed E-state index contributed by atoms with van der Waals surface area (Å²) in [5, 5.41) is 0. The van der Waals surface area contributed by atoms with Crippen LogP contribution in [-0.2, 0) is 14.3 Å². The summed E-state index contributed by atoms with van der Waals surface area (Å²) in [6.45, 7) is 6.86. The lowest BCUT2D eigenvalue weighted by atomic mass is 9.48. The van der Waals surface area contributed by atoms with Crippen LogP contribution in [0.3, 0.4) is 0 Å². The lowest BCUT2D eigenvalue weighted by Crippen LogP contribution is -2.49. The first-order chi connectivity index (χ1) is 12.4. The highest BCUT2D eigenvalue weighted by Gasteiger charge is 2.58. The van der Waals surface area contributed by atoms with Crippen LogP contribution in [0.25, 0.3) is 0 Å². The molecule has 0 aromatic rings. The molecule has 0 spiro atoms. The SMILES string of the molecule is CCC/C=C1\CCC2C3CCC(=O)C3(C)CCC2C1(C)CCC(=O)OC. The van der Waals surface area contributed by atoms with Crippen LogP contribution >= 0.6 is 0 Å². The molecule has 3 saturated carbocycles. The molecule has 5 atom stereocenters. The zero-order chi connectivity index (χ0) is 18.9. The molecule has 3 aliphatic rings. The van der Waals surface area contributed by atoms with Crippen molar-refractivity contribution in [3.05, 3.63) is 11.6 Å². The number of Topliss-reactive ketones (excluding diaryl/α,β-unsaturated/α-hetero) is 1. The topological polar surface area (TPSA) is 43.4 Å². The predicted octanol–water partition coefficient (Wildman–Crippen LogP) is 5.48. The summed E-state index contributed by atoms with van der Waals surface area (Å²) in [5.41, 5.74) is 1.58. The van der Waals surface area contributed by atoms with Gasteiger partial charge in [-0.15, -0.1) is 0 Å². The Kier molecular flexibility index (Phi) is 5.65. The fourth-order valence-electron chi connectivity index (χ4n) is 6.56. The van der Waals surface area contributed by atoms with Crippen molar-refractivity contribution in [2.24, 2.45) is 28.6 Å². The van der Waals surface area contributed by atoms with Crippen molar-refractivity contribution in [3.63, 3.8) is 0 Å². The Labute approximate surface area is 158 Å². The highest BCUT2D eigenvalue weighted by atomic mass is 16.5. The average molecular weight is 361 g/mol. The fourth-order valence-corrected chi connectivity index (χ4v) is 6.56. The monoisotopic (exact) mass is 360 g/mol. The van der Waals surface area contributed by atoms with E-state index in [2.05, 4.69) is 26.8 Å². The number of hydrogen-bond donors (Lipinski definition) is 0. The Hall–Kier alpha value is -1.12. The number of hydrogen-bond acceptors (Lipinski definition) is 3. The molecule has 0 saturated heterocycles. The lowest BCUT2D eigenvalue weighted by molar-refractivity contribution is -0.142. The number of methoxy groups -OCH3 is 1. The molecule has 0 aromatic carbocycles. The van der Waals surface area contributed by atoms with Gasteiger partial charge in [-0.25, -0.2) is 0 Å². The molecule has 0 bridgehead atoms. The Morgan fingerprint density at radius 2 is 1.96 bits per heavy atom. The number of esters is 1. The third-order valence-corrected chi connectivity index (χ3v) is 8.20. The summed E-state index contributed by atoms with van der Waals surface area (Å²) in [5.74, 6) is 2.21. The summed E-state index contributed by atoms with van der Waals surface area (Å²) in [6.07, 6.45) is 12.5. The van der Waals surface area contributed by atoms with Gasteiger partial charge >= 0.3 is 5.97 Å². The lowest BCUT2D eigenvalue weighted by Gasteiger charge is -2.56. The molecule has 146 valence electrons. The number of unbranched alkanes of at least 4 members (excludes halogenated alkanes) is 1. The summed E-state index contributed by atoms with van der Waals surface area (Å²) < 4.78 is 4.94. The Morgan fingerprint density at radius 3 is 2.65 bits per heavy atom. The number of ether oxygens (including phenoxy) is 1. The summed E-state index contributed by atoms with van der Waals surface area (Å²) in [4.78, 5) is 24.4. The van der Waals surface area contributed by atoms with Crippen LogP contribution < -0.4 is 0 Å². The van der Waals surface area contributed by atoms with Gasteiger partial charge in [0.15, 0.2) is 0 Å². The molecule has 3 nitrogen and oxygen atoms in total. The highest BCUT2D eigenvalue weighted by Crippen LogP contribution is 2.63. The third-order valence-electron chi connectivity index (χ3n) is 8.20. The smallest absolute Gasteiger partial charge is 0.305 e. The van der Waals surface area contributed by atoms with Gasteiger partial charge in [0.25, 0.3) is 0 Å². The van der Waals surface area contributed by atoms with Crippen LogP contribution in [0.2, 0.25) is 0 Å². The molecule has 0 heterocycles. The van der Waals surface area contributed by atoms with E-state index in [1.807, 2.05) is 0 Å². The van der Waals surface area contributed by atoms with Gasteiger partial charge in [0.1, 0.15) is 5.78 Å². The van der Waals surface area contributed by atoms with Gasteiger partial charge in [-0.2, -0.15) is 0 Å². The van der Waals surface area contributed by atoms with Crippen LogP contribution in [0.15, 0.2) is 11.6 Å². The molecule has 0 N–H and O–H groups in total. The average Bonchev–Trinajstić information content (AvgIpc) is 2.94. The first kappa shape index (κ1) is 19.6. The normalized spacial score (nSPS) is 41.0. The Bertz CT molecular complexity index is 592. The van der Waals surface area contributed by atoms with E-state index in [1.165, 1.54) is 20.0 Å². The van der Waals surface area contributed by atoms with Gasteiger partial charge in [0.05, 0.1) is 7.11 Å². The number of allylic oxidation sites excluding steroid dienone is 2. The van der Waals surface area contributed by atoms with Crippen molar-refractivity contribution in [1.29, 1.82) is 0 Å². The number of rotatable bonds is 5. The van der Waals surface area contributed by atoms with Gasteiger partial charge < -0.3 is 4.74 Å². The van der Waals surface area contributed by atoms with E-state index in [4.69, 9.17) is 4.74 Å². The zero-order valence-electron chi connectivity index (χ0n) is 17.1. The van der Waals surface area contributed by atoms with Crippen LogP contribution in [0.4, 0.5) is 0 Å². The van der Waals surface area contributed by atoms with E-state index in [9.17, 15) is 9.59 Å². The molecule has 3 rings (SSSR count). The number of carbonyl (C=O) groups is 2. The molecular formula is C23H36O3. The first-order valence-electron chi connectivity index (χ1n) is 10.7. The maximum atomic E-state index is 12.6. The Morgan fingerprint density at radius 1 is 1.19 bits per heavy atom. The second kappa shape index (κ2) is 7.48. The highest BCUT2D eigenvalue weighted by molar-refractivity contribution is 5.87. The van der Waals surface area contributed by atoms with Crippen molar-refractivity contribution < 1.29 is 14.3 Å². The largest absolute Gasteiger partial charge is 0.469 e. The predicted molar refractivity (Wildman–Crippen MR) is 104 cm³/mol. The van der Waals surface area contributed by atoms with Crippen LogP contribution in [0.5, 0.6) is 0 Å². The quantitative estimate of drug-likeness (QED) is 0.482. The molecule has 0 radical (unpaired) electrons. The summed E-state index contributed by atoms with van der Waals surface area (Å²) in [6, 6.07) is 0. The minimum absolute atomic E-state index is 0.0743. The van der Waals surface area contributed by atoms with Crippen molar-refractivity contribution in [2.75, 3.05) is 7.11 Å². The fraction of sp³-hybridized carbons (Fsp3) is 0.826. The molecule has 3 heteroatoms. The third kappa shape index (κ3) is 3.16. The van der Waals surface area contributed by atoms with Crippen molar-refractivity contribution in [2.45, 2.75) is 85.0 Å². The van der Waals surface area contributed by atoms with Gasteiger partial charge in [-0.1, -0.05) is 38.8 Å². The maximum absolute atomic E-state index is 12.6. The van der Waals surface area contributed by atoms with E-state index >= 15 is 0 Å². The van der Waals surface area contributed by atoms with Crippen LogP contribution in [0, 0.1) is 28.6 Å². The van der Waals surface area contributed by atoms with Gasteiger partial charge in [0, 0.05) is 18.3 Å². The Balaban J connectivity index is 1.89. The van der Waals surface area contributed by atoms with Gasteiger partial charge in [-0.05, 0) is 68.1 Å². The first-order valence-corrected chi connectivity index (χ1v) is 10.7. The minimum atomic E-state index is -0.0973. The minimum Gasteiger partial charge on any atom is -0.469 e. The molecule has 3 fully saturated rings. The van der Waals surface area contributed by atoms with Crippen LogP contribution in [-0.4, -0.2) is 18.9 Å². The maximum Gasteiger partial charge on any atom is 0.305 e. The zero-order valence-corrected chi connectivity index (χ0v) is 17.1. The van der Waals surface area contributed by atoms with E-state index in [-0.39, 0.29) is 16.8 Å². The van der Waals surface area contributed by atoms with Gasteiger partial charge in [0.2, 0.25) is 0 Å². The molecule has 3 aliphatic carbocycles. The van der Waals surface area contributed by atoms with E-state index in [1.54, 1.807) is 5.57 Å². The molecule has 26 heavy (non-hydrogen) atoms. The molecule has 5 unspecified atom stereocenters. The number of fused-ring (bicyclic) bond motifs is 3. The van der Waals surface area contributed by atoms with E-state index in [0.717, 1.165) is 44.9 Å². The van der Waals surface area contributed by atoms with Crippen molar-refractivity contribution in [3.8, 4) is 0 Å². The van der Waals surface area contributed by atoms with Gasteiger partial charge in [-0.3, -0.25) is 9.59 Å². The molecule has 0 aromatic heterocycles. The number of carbonyl (C=O) groups excluding carboxylic acids is 2. The van der Waals surface area contributed by atoms with E-state index < -0.39 is 0 Å². The summed E-state index contributed by atoms with van der Waals surface area (Å²) >= 11 is 0. The summed E-state index contributed by atoms with van der Waals surface area (Å²) in [7, 11) is 1.48. The van der Waals surface area contributed by atoms with Crippen LogP contribution in [0.1, 0.15) is 85.0 Å². The van der Waals surface area contributed by atoms with Crippen molar-refractivity contribution in [1.82, 2.24) is 0 Å². The number of ketones is 1. The standard InChI is InChI=1S/C23H36O3/c1-5-6-7-16-8-9-17-18-10-11-20(24)23(18,3)14-12-19(17)22(16,2)15-13-21(25)26-4/h7,17-19H,5-6,8-15H2,1-4H3/b16-7+. The second-order valence-electron chi connectivity index (χ2n) is 9.35. The molecule has 0 amide bonds. The van der Waals surface area contributed by atoms with E-state index in [0.29, 0.717) is 30.0 Å². The molecule has 0 aliphatic heterocycles.